The Hall–Kier alpha value is -0.950. The highest BCUT2D eigenvalue weighted by Crippen LogP contribution is 2.72. The molecule has 3 aliphatic heterocycles. The molecule has 0 unspecified atom stereocenters. The van der Waals surface area contributed by atoms with Gasteiger partial charge in [-0.05, 0) is 50.0 Å². The Morgan fingerprint density at radius 1 is 1.31 bits per heavy atom. The molecule has 5 fully saturated rings. The lowest BCUT2D eigenvalue weighted by Crippen LogP contribution is -2.71. The highest BCUT2D eigenvalue weighted by molar-refractivity contribution is 5.82. The monoisotopic (exact) mass is 364 g/mol. The van der Waals surface area contributed by atoms with Crippen LogP contribution in [0, 0.1) is 28.1 Å². The summed E-state index contributed by atoms with van der Waals surface area (Å²) in [5.41, 5.74) is -0.342. The number of hydrogen-bond acceptors (Lipinski definition) is 6. The number of carbonyl (C=O) groups excluding carboxylic acids is 1. The molecule has 1 spiro atoms. The van der Waals surface area contributed by atoms with Crippen LogP contribution in [0.3, 0.4) is 0 Å². The van der Waals surface area contributed by atoms with Gasteiger partial charge in [-0.2, -0.15) is 0 Å². The second-order valence-electron chi connectivity index (χ2n) is 9.72. The number of allylic oxidation sites excluding steroid dienone is 1. The Kier molecular flexibility index (Phi) is 3.24. The van der Waals surface area contributed by atoms with E-state index in [0.717, 1.165) is 19.3 Å². The van der Waals surface area contributed by atoms with Crippen LogP contribution in [0.5, 0.6) is 0 Å². The predicted molar refractivity (Wildman–Crippen MR) is 90.7 cm³/mol. The summed E-state index contributed by atoms with van der Waals surface area (Å²) < 4.78 is 11.7. The Balaban J connectivity index is 1.60. The maximum absolute atomic E-state index is 12.8. The summed E-state index contributed by atoms with van der Waals surface area (Å²) in [6.45, 7) is 4.05. The summed E-state index contributed by atoms with van der Waals surface area (Å²) >= 11 is 0. The zero-order valence-electron chi connectivity index (χ0n) is 15.4. The maximum atomic E-state index is 12.8. The summed E-state index contributed by atoms with van der Waals surface area (Å²) in [6.07, 6.45) is 4.71. The molecule has 6 heteroatoms. The van der Waals surface area contributed by atoms with E-state index in [4.69, 9.17) is 9.47 Å². The smallest absolute Gasteiger partial charge is 0.318 e. The summed E-state index contributed by atoms with van der Waals surface area (Å²) in [6, 6.07) is 0. The van der Waals surface area contributed by atoms with Crippen molar-refractivity contribution in [3.8, 4) is 0 Å². The Morgan fingerprint density at radius 2 is 2.08 bits per heavy atom. The van der Waals surface area contributed by atoms with Crippen molar-refractivity contribution in [1.82, 2.24) is 0 Å². The van der Waals surface area contributed by atoms with Gasteiger partial charge in [0.1, 0.15) is 11.5 Å². The third-order valence-corrected chi connectivity index (χ3v) is 8.67. The third kappa shape index (κ3) is 1.71. The molecular formula is C20H28O6. The highest BCUT2D eigenvalue weighted by Gasteiger charge is 2.78. The fraction of sp³-hybridized carbons (Fsp3) is 0.850. The van der Waals surface area contributed by atoms with Crippen molar-refractivity contribution in [3.05, 3.63) is 11.6 Å². The lowest BCUT2D eigenvalue weighted by molar-refractivity contribution is -0.367. The van der Waals surface area contributed by atoms with Crippen molar-refractivity contribution in [2.24, 2.45) is 28.1 Å². The fourth-order valence-electron chi connectivity index (χ4n) is 7.04. The molecule has 0 aromatic heterocycles. The number of rotatable bonds is 2. The molecule has 3 aliphatic carbocycles. The number of fused-ring (bicyclic) bond motifs is 3. The lowest BCUT2D eigenvalue weighted by Gasteiger charge is -2.66. The Morgan fingerprint density at radius 3 is 2.73 bits per heavy atom. The van der Waals surface area contributed by atoms with Crippen LogP contribution in [-0.2, 0) is 14.3 Å². The molecule has 2 bridgehead atoms. The first-order valence-electron chi connectivity index (χ1n) is 9.77. The Bertz CT molecular complexity index is 692. The normalized spacial score (nSPS) is 55.7. The summed E-state index contributed by atoms with van der Waals surface area (Å²) in [4.78, 5) is 12.8. The first kappa shape index (κ1) is 17.2. The van der Waals surface area contributed by atoms with E-state index in [-0.39, 0.29) is 41.3 Å². The zero-order valence-corrected chi connectivity index (χ0v) is 15.4. The van der Waals surface area contributed by atoms with Gasteiger partial charge in [-0.1, -0.05) is 12.5 Å². The lowest BCUT2D eigenvalue weighted by atomic mass is 9.42. The average Bonchev–Trinajstić information content (AvgIpc) is 2.89. The quantitative estimate of drug-likeness (QED) is 0.502. The Labute approximate surface area is 153 Å². The van der Waals surface area contributed by atoms with Gasteiger partial charge >= 0.3 is 5.97 Å². The molecule has 3 N–H and O–H groups in total. The van der Waals surface area contributed by atoms with Crippen LogP contribution in [-0.4, -0.2) is 52.5 Å². The van der Waals surface area contributed by atoms with Gasteiger partial charge in [0.05, 0.1) is 19.3 Å². The van der Waals surface area contributed by atoms with E-state index in [1.807, 2.05) is 13.8 Å². The number of aliphatic hydroxyl groups excluding tert-OH is 2. The van der Waals surface area contributed by atoms with Gasteiger partial charge < -0.3 is 24.8 Å². The molecule has 0 aromatic rings. The number of ether oxygens (including phenoxy) is 2. The first-order valence-corrected chi connectivity index (χ1v) is 9.77. The summed E-state index contributed by atoms with van der Waals surface area (Å²) in [5.74, 6) is -1.56. The number of aliphatic hydroxyl groups is 3. The topological polar surface area (TPSA) is 96.2 Å². The number of hydrogen-bond donors (Lipinski definition) is 3. The largest absolute Gasteiger partial charge is 0.457 e. The van der Waals surface area contributed by atoms with Crippen molar-refractivity contribution in [2.75, 3.05) is 13.2 Å². The molecule has 0 aromatic carbocycles. The van der Waals surface area contributed by atoms with Crippen LogP contribution in [0.25, 0.3) is 0 Å². The second kappa shape index (κ2) is 4.90. The van der Waals surface area contributed by atoms with Crippen molar-refractivity contribution in [2.45, 2.75) is 63.9 Å². The SMILES string of the molecule is C[C@@]1([C@H](O)CO)CC[C@@H]2C(=C[C@@H]3OC(=O)[C@]4(C)[C@H]3[C@]23CC[C@]4(O)OC3)C1. The van der Waals surface area contributed by atoms with E-state index in [2.05, 4.69) is 6.08 Å². The van der Waals surface area contributed by atoms with E-state index in [9.17, 15) is 20.1 Å². The van der Waals surface area contributed by atoms with E-state index < -0.39 is 17.3 Å². The molecule has 0 amide bonds. The molecular weight excluding hydrogens is 336 g/mol. The van der Waals surface area contributed by atoms with Crippen LogP contribution < -0.4 is 0 Å². The fourth-order valence-corrected chi connectivity index (χ4v) is 7.04. The van der Waals surface area contributed by atoms with E-state index in [1.54, 1.807) is 0 Å². The van der Waals surface area contributed by atoms with Crippen LogP contribution in [0.15, 0.2) is 11.6 Å². The standard InChI is InChI=1S/C20H28O6/c1-17(14(22)9-21)4-3-12-11(8-17)7-13-15-18(2,16(23)26-13)20(24)6-5-19(12,15)10-25-20/h7,12-15,21-22,24H,3-6,8-10H2,1-2H3/t12-,13+,14-,15+,17-,18+,19+,20+/m1/s1. The van der Waals surface area contributed by atoms with Gasteiger partial charge in [-0.15, -0.1) is 0 Å². The summed E-state index contributed by atoms with van der Waals surface area (Å²) in [7, 11) is 0. The van der Waals surface area contributed by atoms with Gasteiger partial charge in [0.15, 0.2) is 5.79 Å². The van der Waals surface area contributed by atoms with Crippen LogP contribution in [0.1, 0.15) is 46.0 Å². The molecule has 6 nitrogen and oxygen atoms in total. The molecule has 2 saturated carbocycles. The third-order valence-electron chi connectivity index (χ3n) is 8.67. The van der Waals surface area contributed by atoms with Crippen molar-refractivity contribution in [3.63, 3.8) is 0 Å². The van der Waals surface area contributed by atoms with Crippen molar-refractivity contribution >= 4 is 5.97 Å². The maximum Gasteiger partial charge on any atom is 0.318 e. The highest BCUT2D eigenvalue weighted by atomic mass is 16.6. The van der Waals surface area contributed by atoms with Crippen molar-refractivity contribution in [1.29, 1.82) is 0 Å². The first-order chi connectivity index (χ1) is 12.2. The van der Waals surface area contributed by atoms with E-state index in [0.29, 0.717) is 19.4 Å². The zero-order chi connectivity index (χ0) is 18.5. The molecule has 8 atom stereocenters. The molecule has 6 aliphatic rings. The minimum atomic E-state index is -1.42. The number of carbonyl (C=O) groups is 1. The molecule has 3 saturated heterocycles. The van der Waals surface area contributed by atoms with Gasteiger partial charge in [-0.25, -0.2) is 0 Å². The van der Waals surface area contributed by atoms with Gasteiger partial charge in [0.2, 0.25) is 0 Å². The van der Waals surface area contributed by atoms with Crippen LogP contribution in [0.2, 0.25) is 0 Å². The van der Waals surface area contributed by atoms with Crippen molar-refractivity contribution < 1.29 is 29.6 Å². The van der Waals surface area contributed by atoms with Gasteiger partial charge in [0, 0.05) is 17.8 Å². The summed E-state index contributed by atoms with van der Waals surface area (Å²) in [5, 5.41) is 30.8. The molecule has 26 heavy (non-hydrogen) atoms. The second-order valence-corrected chi connectivity index (χ2v) is 9.72. The number of esters is 1. The molecule has 6 rings (SSSR count). The molecule has 3 heterocycles. The molecule has 144 valence electrons. The molecule has 0 radical (unpaired) electrons. The van der Waals surface area contributed by atoms with Gasteiger partial charge in [0.25, 0.3) is 0 Å². The minimum Gasteiger partial charge on any atom is -0.457 e. The average molecular weight is 364 g/mol. The van der Waals surface area contributed by atoms with Crippen LogP contribution >= 0.6 is 0 Å². The van der Waals surface area contributed by atoms with E-state index >= 15 is 0 Å². The predicted octanol–water partition coefficient (Wildman–Crippen LogP) is 1.13. The van der Waals surface area contributed by atoms with Crippen LogP contribution in [0.4, 0.5) is 0 Å². The minimum absolute atomic E-state index is 0.0594. The van der Waals surface area contributed by atoms with Gasteiger partial charge in [-0.3, -0.25) is 4.79 Å². The van der Waals surface area contributed by atoms with E-state index in [1.165, 1.54) is 5.57 Å².